The molecule has 0 fully saturated rings. The SMILES string of the molecule is O=C(Nc1ccc(-n2cncn2)nc1)c1cc2ccccc2c(Cl)n1. The third-order valence-electron chi connectivity index (χ3n) is 3.59. The lowest BCUT2D eigenvalue weighted by atomic mass is 10.1. The predicted octanol–water partition coefficient (Wildman–Crippen LogP) is 3.12. The maximum absolute atomic E-state index is 12.4. The van der Waals surface area contributed by atoms with Gasteiger partial charge in [-0.1, -0.05) is 35.9 Å². The number of hydrogen-bond donors (Lipinski definition) is 1. The highest BCUT2D eigenvalue weighted by molar-refractivity contribution is 6.34. The Morgan fingerprint density at radius 2 is 2.04 bits per heavy atom. The van der Waals surface area contributed by atoms with Crippen LogP contribution in [0.2, 0.25) is 5.15 Å². The summed E-state index contributed by atoms with van der Waals surface area (Å²) in [6, 6.07) is 12.7. The number of halogens is 1. The predicted molar refractivity (Wildman–Crippen MR) is 93.9 cm³/mol. The van der Waals surface area contributed by atoms with Crippen molar-refractivity contribution in [3.63, 3.8) is 0 Å². The van der Waals surface area contributed by atoms with Crippen LogP contribution in [0, 0.1) is 0 Å². The molecule has 25 heavy (non-hydrogen) atoms. The van der Waals surface area contributed by atoms with Gasteiger partial charge < -0.3 is 5.32 Å². The Balaban J connectivity index is 1.57. The minimum atomic E-state index is -0.358. The summed E-state index contributed by atoms with van der Waals surface area (Å²) < 4.78 is 1.52. The summed E-state index contributed by atoms with van der Waals surface area (Å²) in [6.07, 6.45) is 4.51. The number of fused-ring (bicyclic) bond motifs is 1. The number of aromatic nitrogens is 5. The Morgan fingerprint density at radius 3 is 2.80 bits per heavy atom. The zero-order valence-corrected chi connectivity index (χ0v) is 13.6. The van der Waals surface area contributed by atoms with Gasteiger partial charge in [-0.3, -0.25) is 4.79 Å². The second-order valence-corrected chi connectivity index (χ2v) is 5.58. The highest BCUT2D eigenvalue weighted by atomic mass is 35.5. The fraction of sp³-hybridized carbons (Fsp3) is 0. The lowest BCUT2D eigenvalue weighted by Crippen LogP contribution is -2.14. The highest BCUT2D eigenvalue weighted by Crippen LogP contribution is 2.22. The molecule has 0 unspecified atom stereocenters. The number of carbonyl (C=O) groups excluding carboxylic acids is 1. The van der Waals surface area contributed by atoms with Crippen LogP contribution >= 0.6 is 11.6 Å². The van der Waals surface area contributed by atoms with Crippen LogP contribution in [0.3, 0.4) is 0 Å². The number of amides is 1. The Labute approximate surface area is 147 Å². The summed E-state index contributed by atoms with van der Waals surface area (Å²) in [4.78, 5) is 24.7. The maximum Gasteiger partial charge on any atom is 0.274 e. The first kappa shape index (κ1) is 15.2. The summed E-state index contributed by atoms with van der Waals surface area (Å²) in [5.41, 5.74) is 0.781. The van der Waals surface area contributed by atoms with E-state index < -0.39 is 0 Å². The van der Waals surface area contributed by atoms with E-state index in [0.29, 0.717) is 16.7 Å². The molecule has 0 aliphatic rings. The molecule has 1 N–H and O–H groups in total. The van der Waals surface area contributed by atoms with E-state index in [9.17, 15) is 4.79 Å². The molecule has 1 amide bonds. The van der Waals surface area contributed by atoms with Crippen molar-refractivity contribution in [1.29, 1.82) is 0 Å². The number of hydrogen-bond acceptors (Lipinski definition) is 5. The zero-order chi connectivity index (χ0) is 17.2. The third-order valence-corrected chi connectivity index (χ3v) is 3.87. The average molecular weight is 351 g/mol. The minimum absolute atomic E-state index is 0.240. The molecule has 0 radical (unpaired) electrons. The lowest BCUT2D eigenvalue weighted by Gasteiger charge is -2.07. The van der Waals surface area contributed by atoms with Gasteiger partial charge in [0.15, 0.2) is 5.82 Å². The Morgan fingerprint density at radius 1 is 1.16 bits per heavy atom. The summed E-state index contributed by atoms with van der Waals surface area (Å²) >= 11 is 6.17. The van der Waals surface area contributed by atoms with Gasteiger partial charge in [0.25, 0.3) is 5.91 Å². The number of nitrogens with one attached hydrogen (secondary N) is 1. The number of pyridine rings is 2. The standard InChI is InChI=1S/C17H11ClN6O/c18-16-13-4-2-1-3-11(13)7-14(23-16)17(25)22-12-5-6-15(20-8-12)24-10-19-9-21-24/h1-10H,(H,22,25). The van der Waals surface area contributed by atoms with Crippen LogP contribution in [0.1, 0.15) is 10.5 Å². The van der Waals surface area contributed by atoms with Crippen LogP contribution in [-0.2, 0) is 0 Å². The molecule has 0 bridgehead atoms. The topological polar surface area (TPSA) is 85.6 Å². The number of benzene rings is 1. The van der Waals surface area contributed by atoms with E-state index in [4.69, 9.17) is 11.6 Å². The third kappa shape index (κ3) is 3.05. The van der Waals surface area contributed by atoms with E-state index in [1.807, 2.05) is 24.3 Å². The van der Waals surface area contributed by atoms with Crippen molar-refractivity contribution in [1.82, 2.24) is 24.7 Å². The van der Waals surface area contributed by atoms with Gasteiger partial charge in [-0.05, 0) is 23.6 Å². The van der Waals surface area contributed by atoms with Gasteiger partial charge in [-0.25, -0.2) is 19.6 Å². The molecule has 0 atom stereocenters. The molecule has 4 rings (SSSR count). The first-order chi connectivity index (χ1) is 12.2. The minimum Gasteiger partial charge on any atom is -0.319 e. The van der Waals surface area contributed by atoms with Gasteiger partial charge in [-0.15, -0.1) is 0 Å². The van der Waals surface area contributed by atoms with E-state index in [1.165, 1.54) is 17.2 Å². The molecule has 122 valence electrons. The molecule has 4 aromatic rings. The van der Waals surface area contributed by atoms with Gasteiger partial charge in [0.05, 0.1) is 11.9 Å². The molecule has 3 aromatic heterocycles. The van der Waals surface area contributed by atoms with E-state index in [0.717, 1.165) is 10.8 Å². The zero-order valence-electron chi connectivity index (χ0n) is 12.8. The van der Waals surface area contributed by atoms with Crippen LogP contribution in [0.4, 0.5) is 5.69 Å². The summed E-state index contributed by atoms with van der Waals surface area (Å²) in [7, 11) is 0. The Bertz CT molecular complexity index is 1050. The average Bonchev–Trinajstić information content (AvgIpc) is 3.17. The number of anilines is 1. The molecule has 0 saturated heterocycles. The normalized spacial score (nSPS) is 10.8. The molecule has 0 aliphatic heterocycles. The monoisotopic (exact) mass is 350 g/mol. The van der Waals surface area contributed by atoms with Gasteiger partial charge >= 0.3 is 0 Å². The molecular formula is C17H11ClN6O. The van der Waals surface area contributed by atoms with Crippen molar-refractivity contribution in [2.75, 3.05) is 5.32 Å². The molecule has 0 saturated carbocycles. The second-order valence-electron chi connectivity index (χ2n) is 5.22. The quantitative estimate of drug-likeness (QED) is 0.574. The van der Waals surface area contributed by atoms with Crippen LogP contribution in [0.15, 0.2) is 61.3 Å². The lowest BCUT2D eigenvalue weighted by molar-refractivity contribution is 0.102. The van der Waals surface area contributed by atoms with Crippen molar-refractivity contribution in [2.45, 2.75) is 0 Å². The molecule has 0 spiro atoms. The van der Waals surface area contributed by atoms with Crippen molar-refractivity contribution < 1.29 is 4.79 Å². The Hall–Kier alpha value is -3.32. The number of rotatable bonds is 3. The molecule has 8 heteroatoms. The highest BCUT2D eigenvalue weighted by Gasteiger charge is 2.12. The molecular weight excluding hydrogens is 340 g/mol. The van der Waals surface area contributed by atoms with E-state index >= 15 is 0 Å². The fourth-order valence-electron chi connectivity index (χ4n) is 2.39. The van der Waals surface area contributed by atoms with Gasteiger partial charge in [-0.2, -0.15) is 5.10 Å². The van der Waals surface area contributed by atoms with Crippen LogP contribution in [0.25, 0.3) is 16.6 Å². The number of nitrogens with zero attached hydrogens (tertiary/aromatic N) is 5. The van der Waals surface area contributed by atoms with Gasteiger partial charge in [0.1, 0.15) is 23.5 Å². The second kappa shape index (κ2) is 6.29. The van der Waals surface area contributed by atoms with Crippen LogP contribution < -0.4 is 5.32 Å². The molecule has 7 nitrogen and oxygen atoms in total. The number of carbonyl (C=O) groups is 1. The van der Waals surface area contributed by atoms with Crippen molar-refractivity contribution in [3.05, 3.63) is 72.2 Å². The van der Waals surface area contributed by atoms with Gasteiger partial charge in [0.2, 0.25) is 0 Å². The van der Waals surface area contributed by atoms with Crippen LogP contribution in [0.5, 0.6) is 0 Å². The van der Waals surface area contributed by atoms with Crippen LogP contribution in [-0.4, -0.2) is 30.6 Å². The van der Waals surface area contributed by atoms with Gasteiger partial charge in [0, 0.05) is 5.39 Å². The van der Waals surface area contributed by atoms with Crippen molar-refractivity contribution >= 4 is 34.0 Å². The molecule has 3 heterocycles. The summed E-state index contributed by atoms with van der Waals surface area (Å²) in [5, 5.41) is 8.70. The first-order valence-electron chi connectivity index (χ1n) is 7.38. The van der Waals surface area contributed by atoms with E-state index in [2.05, 4.69) is 25.4 Å². The largest absolute Gasteiger partial charge is 0.319 e. The fourth-order valence-corrected chi connectivity index (χ4v) is 2.65. The maximum atomic E-state index is 12.4. The smallest absolute Gasteiger partial charge is 0.274 e. The van der Waals surface area contributed by atoms with E-state index in [1.54, 1.807) is 24.5 Å². The summed E-state index contributed by atoms with van der Waals surface area (Å²) in [5.74, 6) is 0.241. The van der Waals surface area contributed by atoms with E-state index in [-0.39, 0.29) is 11.6 Å². The molecule has 1 aromatic carbocycles. The van der Waals surface area contributed by atoms with Crippen molar-refractivity contribution in [2.24, 2.45) is 0 Å². The first-order valence-corrected chi connectivity index (χ1v) is 7.76. The Kier molecular flexibility index (Phi) is 3.83. The van der Waals surface area contributed by atoms with Crippen molar-refractivity contribution in [3.8, 4) is 5.82 Å². The molecule has 0 aliphatic carbocycles. The summed E-state index contributed by atoms with van der Waals surface area (Å²) in [6.45, 7) is 0.